The number of aromatic nitrogens is 1. The molecule has 0 spiro atoms. The minimum Gasteiger partial charge on any atom is -0.397 e. The molecule has 0 fully saturated rings. The van der Waals surface area contributed by atoms with E-state index in [1.165, 1.54) is 0 Å². The van der Waals surface area contributed by atoms with Crippen molar-refractivity contribution < 1.29 is 18.0 Å². The number of anilines is 1. The molecule has 0 bridgehead atoms. The Morgan fingerprint density at radius 1 is 1.59 bits per heavy atom. The number of hydrogen-bond donors (Lipinski definition) is 1. The van der Waals surface area contributed by atoms with Crippen molar-refractivity contribution in [2.45, 2.75) is 6.18 Å². The highest BCUT2D eigenvalue weighted by atomic mass is 35.5. The van der Waals surface area contributed by atoms with Crippen LogP contribution in [0.3, 0.4) is 0 Å². The lowest BCUT2D eigenvalue weighted by atomic mass is 10.2. The molecule has 0 radical (unpaired) electrons. The smallest absolute Gasteiger partial charge is 0.397 e. The number of halogens is 4. The molecule has 1 aromatic rings. The van der Waals surface area contributed by atoms with Gasteiger partial charge in [0.25, 0.3) is 5.91 Å². The zero-order valence-corrected chi connectivity index (χ0v) is 9.51. The molecule has 1 amide bonds. The van der Waals surface area contributed by atoms with E-state index in [1.807, 2.05) is 0 Å². The van der Waals surface area contributed by atoms with Gasteiger partial charge in [-0.25, -0.2) is 4.98 Å². The third-order valence-corrected chi connectivity index (χ3v) is 2.10. The van der Waals surface area contributed by atoms with E-state index in [4.69, 9.17) is 17.3 Å². The molecule has 0 aliphatic heterocycles. The monoisotopic (exact) mass is 267 g/mol. The largest absolute Gasteiger partial charge is 0.406 e. The fraction of sp³-hybridized carbons (Fsp3) is 0.333. The Kier molecular flexibility index (Phi) is 3.82. The first-order valence-electron chi connectivity index (χ1n) is 4.44. The number of nitrogen functional groups attached to an aromatic ring is 1. The van der Waals surface area contributed by atoms with Gasteiger partial charge >= 0.3 is 6.18 Å². The van der Waals surface area contributed by atoms with Crippen LogP contribution in [0.15, 0.2) is 12.3 Å². The minimum absolute atomic E-state index is 0.0111. The number of rotatable bonds is 2. The summed E-state index contributed by atoms with van der Waals surface area (Å²) in [6.45, 7) is -1.36. The van der Waals surface area contributed by atoms with Gasteiger partial charge in [-0.15, -0.1) is 0 Å². The van der Waals surface area contributed by atoms with E-state index in [9.17, 15) is 18.0 Å². The van der Waals surface area contributed by atoms with Gasteiger partial charge in [0.1, 0.15) is 11.7 Å². The molecule has 8 heteroatoms. The molecule has 1 aromatic heterocycles. The summed E-state index contributed by atoms with van der Waals surface area (Å²) in [6.07, 6.45) is -3.34. The first-order chi connectivity index (χ1) is 7.70. The Morgan fingerprint density at radius 3 is 2.71 bits per heavy atom. The second-order valence-corrected chi connectivity index (χ2v) is 3.76. The number of alkyl halides is 3. The molecule has 0 atom stereocenters. The molecule has 94 valence electrons. The molecule has 4 nitrogen and oxygen atoms in total. The maximum atomic E-state index is 12.1. The molecule has 2 N–H and O–H groups in total. The van der Waals surface area contributed by atoms with Gasteiger partial charge < -0.3 is 10.6 Å². The average molecular weight is 268 g/mol. The van der Waals surface area contributed by atoms with Crippen molar-refractivity contribution in [2.24, 2.45) is 0 Å². The van der Waals surface area contributed by atoms with Crippen LogP contribution in [0.1, 0.15) is 10.4 Å². The summed E-state index contributed by atoms with van der Waals surface area (Å²) < 4.78 is 36.3. The topological polar surface area (TPSA) is 59.2 Å². The van der Waals surface area contributed by atoms with Gasteiger partial charge in [0.05, 0.1) is 17.4 Å². The van der Waals surface area contributed by atoms with E-state index >= 15 is 0 Å². The Morgan fingerprint density at radius 2 is 2.18 bits per heavy atom. The van der Waals surface area contributed by atoms with Gasteiger partial charge in [-0.3, -0.25) is 4.79 Å². The highest BCUT2D eigenvalue weighted by Gasteiger charge is 2.32. The first-order valence-corrected chi connectivity index (χ1v) is 4.82. The summed E-state index contributed by atoms with van der Waals surface area (Å²) in [5, 5.41) is -0.0111. The quantitative estimate of drug-likeness (QED) is 0.833. The van der Waals surface area contributed by atoms with E-state index in [0.29, 0.717) is 4.90 Å². The number of nitrogens with zero attached hydrogens (tertiary/aromatic N) is 2. The van der Waals surface area contributed by atoms with Crippen LogP contribution >= 0.6 is 11.6 Å². The molecule has 0 unspecified atom stereocenters. The van der Waals surface area contributed by atoms with E-state index < -0.39 is 18.6 Å². The van der Waals surface area contributed by atoms with Crippen LogP contribution in [0.4, 0.5) is 18.9 Å². The van der Waals surface area contributed by atoms with E-state index in [-0.39, 0.29) is 16.4 Å². The molecule has 17 heavy (non-hydrogen) atoms. The number of carbonyl (C=O) groups is 1. The maximum absolute atomic E-state index is 12.1. The van der Waals surface area contributed by atoms with E-state index in [0.717, 1.165) is 19.3 Å². The van der Waals surface area contributed by atoms with Crippen LogP contribution in [-0.4, -0.2) is 35.6 Å². The van der Waals surface area contributed by atoms with Crippen LogP contribution < -0.4 is 5.73 Å². The fourth-order valence-corrected chi connectivity index (χ4v) is 1.33. The SMILES string of the molecule is CN(CC(F)(F)F)C(=O)c1cc(Cl)ncc1N. The summed E-state index contributed by atoms with van der Waals surface area (Å²) in [5.74, 6) is -0.857. The van der Waals surface area contributed by atoms with Crippen molar-refractivity contribution in [3.63, 3.8) is 0 Å². The summed E-state index contributed by atoms with van der Waals surface area (Å²) in [6, 6.07) is 1.13. The van der Waals surface area contributed by atoms with Gasteiger partial charge in [0, 0.05) is 7.05 Å². The zero-order valence-electron chi connectivity index (χ0n) is 8.75. The van der Waals surface area contributed by atoms with Gasteiger partial charge in [-0.2, -0.15) is 13.2 Å². The standard InChI is InChI=1S/C9H9ClF3N3O/c1-16(4-9(11,12)13)8(17)5-2-7(10)15-3-6(5)14/h2-3H,4,14H2,1H3. The van der Waals surface area contributed by atoms with Gasteiger partial charge in [-0.05, 0) is 6.07 Å². The van der Waals surface area contributed by atoms with Crippen molar-refractivity contribution in [1.29, 1.82) is 0 Å². The van der Waals surface area contributed by atoms with Crippen LogP contribution in [0.25, 0.3) is 0 Å². The number of hydrogen-bond acceptors (Lipinski definition) is 3. The molecular weight excluding hydrogens is 259 g/mol. The highest BCUT2D eigenvalue weighted by Crippen LogP contribution is 2.20. The Hall–Kier alpha value is -1.50. The minimum atomic E-state index is -4.46. The van der Waals surface area contributed by atoms with Gasteiger partial charge in [0.2, 0.25) is 0 Å². The average Bonchev–Trinajstić information content (AvgIpc) is 2.18. The number of nitrogens with two attached hydrogens (primary N) is 1. The van der Waals surface area contributed by atoms with Crippen molar-refractivity contribution in [2.75, 3.05) is 19.3 Å². The zero-order chi connectivity index (χ0) is 13.2. The predicted octanol–water partition coefficient (Wildman–Crippen LogP) is 1.95. The lowest BCUT2D eigenvalue weighted by Crippen LogP contribution is -2.36. The molecule has 1 heterocycles. The number of carbonyl (C=O) groups excluding carboxylic acids is 1. The second kappa shape index (κ2) is 4.79. The summed E-state index contributed by atoms with van der Waals surface area (Å²) in [4.78, 5) is 15.8. The molecule has 0 aliphatic carbocycles. The third kappa shape index (κ3) is 3.77. The van der Waals surface area contributed by atoms with Crippen LogP contribution in [-0.2, 0) is 0 Å². The van der Waals surface area contributed by atoms with Crippen molar-refractivity contribution in [3.05, 3.63) is 23.0 Å². The first kappa shape index (κ1) is 13.6. The normalized spacial score (nSPS) is 11.4. The maximum Gasteiger partial charge on any atom is 0.406 e. The Balaban J connectivity index is 2.93. The van der Waals surface area contributed by atoms with Gasteiger partial charge in [0.15, 0.2) is 0 Å². The Labute approximate surface area is 100 Å². The summed E-state index contributed by atoms with van der Waals surface area (Å²) in [7, 11) is 1.03. The second-order valence-electron chi connectivity index (χ2n) is 3.37. The molecule has 0 aliphatic rings. The van der Waals surface area contributed by atoms with E-state index in [2.05, 4.69) is 4.98 Å². The van der Waals surface area contributed by atoms with E-state index in [1.54, 1.807) is 0 Å². The Bertz CT molecular complexity index is 436. The van der Waals surface area contributed by atoms with Crippen molar-refractivity contribution in [1.82, 2.24) is 9.88 Å². The molecular formula is C9H9ClF3N3O. The predicted molar refractivity (Wildman–Crippen MR) is 56.7 cm³/mol. The highest BCUT2D eigenvalue weighted by molar-refractivity contribution is 6.29. The lowest BCUT2D eigenvalue weighted by molar-refractivity contribution is -0.138. The van der Waals surface area contributed by atoms with Crippen molar-refractivity contribution >= 4 is 23.2 Å². The molecule has 0 aromatic carbocycles. The fourth-order valence-electron chi connectivity index (χ4n) is 1.17. The summed E-state index contributed by atoms with van der Waals surface area (Å²) >= 11 is 5.54. The van der Waals surface area contributed by atoms with Crippen molar-refractivity contribution in [3.8, 4) is 0 Å². The van der Waals surface area contributed by atoms with Crippen LogP contribution in [0, 0.1) is 0 Å². The van der Waals surface area contributed by atoms with Gasteiger partial charge in [-0.1, -0.05) is 11.6 Å². The van der Waals surface area contributed by atoms with Crippen LogP contribution in [0.2, 0.25) is 5.15 Å². The third-order valence-electron chi connectivity index (χ3n) is 1.89. The molecule has 1 rings (SSSR count). The summed E-state index contributed by atoms with van der Waals surface area (Å²) in [5.41, 5.74) is 5.32. The number of amides is 1. The molecule has 0 saturated carbocycles. The van der Waals surface area contributed by atoms with Crippen LogP contribution in [0.5, 0.6) is 0 Å². The molecule has 0 saturated heterocycles. The lowest BCUT2D eigenvalue weighted by Gasteiger charge is -2.19. The number of pyridine rings is 1.